The van der Waals surface area contributed by atoms with Gasteiger partial charge in [-0.1, -0.05) is 5.16 Å². The van der Waals surface area contributed by atoms with Crippen molar-refractivity contribution in [2.75, 3.05) is 18.4 Å². The van der Waals surface area contributed by atoms with E-state index in [1.807, 2.05) is 17.9 Å². The molecule has 0 radical (unpaired) electrons. The molecular weight excluding hydrogens is 282 g/mol. The number of aromatic nitrogens is 3. The predicted molar refractivity (Wildman–Crippen MR) is 80.1 cm³/mol. The first-order valence-electron chi connectivity index (χ1n) is 7.47. The Morgan fingerprint density at radius 2 is 2.27 bits per heavy atom. The van der Waals surface area contributed by atoms with Crippen LogP contribution in [0.2, 0.25) is 0 Å². The van der Waals surface area contributed by atoms with Crippen LogP contribution in [0.3, 0.4) is 0 Å². The largest absolute Gasteiger partial charge is 0.359 e. The van der Waals surface area contributed by atoms with Crippen LogP contribution in [0.15, 0.2) is 29.0 Å². The summed E-state index contributed by atoms with van der Waals surface area (Å²) in [5.41, 5.74) is 0.845. The van der Waals surface area contributed by atoms with Crippen molar-refractivity contribution in [3.63, 3.8) is 0 Å². The highest BCUT2D eigenvalue weighted by Crippen LogP contribution is 2.32. The molecule has 1 saturated heterocycles. The van der Waals surface area contributed by atoms with Crippen LogP contribution < -0.4 is 5.32 Å². The van der Waals surface area contributed by atoms with E-state index >= 15 is 0 Å². The van der Waals surface area contributed by atoms with Gasteiger partial charge in [-0.05, 0) is 25.8 Å². The molecule has 0 spiro atoms. The van der Waals surface area contributed by atoms with Crippen molar-refractivity contribution in [3.05, 3.63) is 36.0 Å². The quantitative estimate of drug-likeness (QED) is 0.908. The van der Waals surface area contributed by atoms with Gasteiger partial charge in [0.2, 0.25) is 11.9 Å². The van der Waals surface area contributed by atoms with Gasteiger partial charge in [-0.2, -0.15) is 0 Å². The van der Waals surface area contributed by atoms with Crippen LogP contribution in [0.5, 0.6) is 0 Å². The zero-order valence-corrected chi connectivity index (χ0v) is 12.5. The summed E-state index contributed by atoms with van der Waals surface area (Å²) in [4.78, 5) is 22.4. The molecule has 0 unspecified atom stereocenters. The van der Waals surface area contributed by atoms with Gasteiger partial charge >= 0.3 is 0 Å². The number of anilines is 1. The Morgan fingerprint density at radius 1 is 1.45 bits per heavy atom. The Morgan fingerprint density at radius 3 is 3.00 bits per heavy atom. The fourth-order valence-corrected chi connectivity index (χ4v) is 2.72. The molecule has 3 heterocycles. The molecule has 1 atom stereocenters. The van der Waals surface area contributed by atoms with Crippen molar-refractivity contribution in [1.29, 1.82) is 0 Å². The smallest absolute Gasteiger partial charge is 0.224 e. The third-order valence-corrected chi connectivity index (χ3v) is 3.74. The Balaban J connectivity index is 1.55. The summed E-state index contributed by atoms with van der Waals surface area (Å²) < 4.78 is 5.32. The molecule has 0 bridgehead atoms. The lowest BCUT2D eigenvalue weighted by molar-refractivity contribution is -0.132. The third-order valence-electron chi connectivity index (χ3n) is 3.74. The molecule has 1 fully saturated rings. The van der Waals surface area contributed by atoms with Crippen LogP contribution in [-0.2, 0) is 4.79 Å². The normalized spacial score (nSPS) is 17.7. The van der Waals surface area contributed by atoms with Crippen LogP contribution in [0, 0.1) is 6.92 Å². The average Bonchev–Trinajstić information content (AvgIpc) is 3.16. The van der Waals surface area contributed by atoms with E-state index in [9.17, 15) is 4.79 Å². The highest BCUT2D eigenvalue weighted by atomic mass is 16.5. The zero-order chi connectivity index (χ0) is 15.4. The fraction of sp³-hybridized carbons (Fsp3) is 0.467. The first kappa shape index (κ1) is 14.5. The minimum atomic E-state index is 0.0154. The maximum Gasteiger partial charge on any atom is 0.224 e. The van der Waals surface area contributed by atoms with Gasteiger partial charge in [-0.3, -0.25) is 4.79 Å². The minimum absolute atomic E-state index is 0.0154. The van der Waals surface area contributed by atoms with Gasteiger partial charge in [0.25, 0.3) is 0 Å². The van der Waals surface area contributed by atoms with Crippen LogP contribution >= 0.6 is 0 Å². The van der Waals surface area contributed by atoms with Crippen molar-refractivity contribution >= 4 is 11.9 Å². The fourth-order valence-electron chi connectivity index (χ4n) is 2.72. The molecule has 3 rings (SSSR count). The molecule has 0 aromatic carbocycles. The summed E-state index contributed by atoms with van der Waals surface area (Å²) >= 11 is 0. The van der Waals surface area contributed by atoms with Crippen molar-refractivity contribution in [3.8, 4) is 0 Å². The molecule has 1 aliphatic heterocycles. The molecule has 0 aliphatic carbocycles. The molecule has 2 aromatic rings. The number of nitrogens with one attached hydrogen (secondary N) is 1. The van der Waals surface area contributed by atoms with Crippen molar-refractivity contribution in [2.24, 2.45) is 0 Å². The second-order valence-electron chi connectivity index (χ2n) is 5.36. The van der Waals surface area contributed by atoms with E-state index in [2.05, 4.69) is 20.4 Å². The lowest BCUT2D eigenvalue weighted by Crippen LogP contribution is -2.31. The Bertz CT molecular complexity index is 628. The Hall–Kier alpha value is -2.44. The van der Waals surface area contributed by atoms with E-state index in [0.717, 1.165) is 30.8 Å². The number of amides is 1. The van der Waals surface area contributed by atoms with Crippen LogP contribution in [0.4, 0.5) is 5.95 Å². The summed E-state index contributed by atoms with van der Waals surface area (Å²) in [6.07, 6.45) is 5.66. The number of carbonyl (C=O) groups excluding carboxylic acids is 1. The summed E-state index contributed by atoms with van der Waals surface area (Å²) in [6.45, 7) is 3.17. The molecule has 7 heteroatoms. The number of hydrogen-bond donors (Lipinski definition) is 1. The van der Waals surface area contributed by atoms with E-state index in [-0.39, 0.29) is 11.9 Å². The third kappa shape index (κ3) is 3.24. The zero-order valence-electron chi connectivity index (χ0n) is 12.5. The second kappa shape index (κ2) is 6.55. The van der Waals surface area contributed by atoms with Gasteiger partial charge in [0.1, 0.15) is 0 Å². The number of nitrogens with zero attached hydrogens (tertiary/aromatic N) is 4. The maximum atomic E-state index is 12.4. The van der Waals surface area contributed by atoms with Gasteiger partial charge in [-0.15, -0.1) is 0 Å². The van der Waals surface area contributed by atoms with Gasteiger partial charge in [0.15, 0.2) is 5.76 Å². The van der Waals surface area contributed by atoms with Crippen LogP contribution in [-0.4, -0.2) is 39.0 Å². The molecular formula is C15H19N5O2. The first-order chi connectivity index (χ1) is 10.7. The predicted octanol–water partition coefficient (Wildman–Crippen LogP) is 1.94. The molecule has 0 saturated carbocycles. The van der Waals surface area contributed by atoms with E-state index in [1.165, 1.54) is 0 Å². The molecule has 1 N–H and O–H groups in total. The molecule has 1 amide bonds. The van der Waals surface area contributed by atoms with E-state index < -0.39 is 0 Å². The number of rotatable bonds is 5. The molecule has 116 valence electrons. The maximum absolute atomic E-state index is 12.4. The number of aryl methyl sites for hydroxylation is 1. The number of likely N-dealkylation sites (tertiary alicyclic amines) is 1. The minimum Gasteiger partial charge on any atom is -0.359 e. The van der Waals surface area contributed by atoms with Crippen LogP contribution in [0.1, 0.15) is 36.8 Å². The molecule has 1 aliphatic rings. The summed E-state index contributed by atoms with van der Waals surface area (Å²) in [5, 5.41) is 6.97. The SMILES string of the molecule is Cc1cc([C@@H]2CCCN2C(=O)CCNc2ncccn2)on1. The topological polar surface area (TPSA) is 84.2 Å². The first-order valence-corrected chi connectivity index (χ1v) is 7.47. The summed E-state index contributed by atoms with van der Waals surface area (Å²) in [7, 11) is 0. The number of carbonyl (C=O) groups is 1. The summed E-state index contributed by atoms with van der Waals surface area (Å²) in [6, 6.07) is 3.68. The van der Waals surface area contributed by atoms with Gasteiger partial charge in [0, 0.05) is 38.0 Å². The van der Waals surface area contributed by atoms with Crippen LogP contribution in [0.25, 0.3) is 0 Å². The highest BCUT2D eigenvalue weighted by Gasteiger charge is 2.32. The average molecular weight is 301 g/mol. The van der Waals surface area contributed by atoms with Gasteiger partial charge in [-0.25, -0.2) is 9.97 Å². The molecule has 2 aromatic heterocycles. The highest BCUT2D eigenvalue weighted by molar-refractivity contribution is 5.77. The van der Waals surface area contributed by atoms with Crippen molar-refractivity contribution < 1.29 is 9.32 Å². The van der Waals surface area contributed by atoms with E-state index in [0.29, 0.717) is 18.9 Å². The second-order valence-corrected chi connectivity index (χ2v) is 5.36. The Kier molecular flexibility index (Phi) is 4.32. The van der Waals surface area contributed by atoms with E-state index in [1.54, 1.807) is 18.5 Å². The lowest BCUT2D eigenvalue weighted by Gasteiger charge is -2.22. The van der Waals surface area contributed by atoms with Crippen molar-refractivity contribution in [2.45, 2.75) is 32.2 Å². The standard InChI is InChI=1S/C15H19N5O2/c1-11-10-13(22-19-11)12-4-2-9-20(12)14(21)5-8-18-15-16-6-3-7-17-15/h3,6-7,10,12H,2,4-5,8-9H2,1H3,(H,16,17,18)/t12-/m0/s1. The van der Waals surface area contributed by atoms with Gasteiger partial charge in [0.05, 0.1) is 11.7 Å². The monoisotopic (exact) mass is 301 g/mol. The van der Waals surface area contributed by atoms with Crippen molar-refractivity contribution in [1.82, 2.24) is 20.0 Å². The Labute approximate surface area is 128 Å². The molecule has 7 nitrogen and oxygen atoms in total. The van der Waals surface area contributed by atoms with Gasteiger partial charge < -0.3 is 14.7 Å². The lowest BCUT2D eigenvalue weighted by atomic mass is 10.1. The number of hydrogen-bond acceptors (Lipinski definition) is 6. The molecule has 22 heavy (non-hydrogen) atoms. The van der Waals surface area contributed by atoms with E-state index in [4.69, 9.17) is 4.52 Å². The summed E-state index contributed by atoms with van der Waals surface area (Å²) in [5.74, 6) is 1.43.